The molecule has 2 heterocycles. The number of nitrogens with zero attached hydrogens (tertiary/aromatic N) is 2. The van der Waals surface area contributed by atoms with Gasteiger partial charge in [-0.05, 0) is 67.5 Å². The van der Waals surface area contributed by atoms with Crippen molar-refractivity contribution in [3.8, 4) is 0 Å². The van der Waals surface area contributed by atoms with E-state index in [1.165, 1.54) is 12.0 Å². The van der Waals surface area contributed by atoms with E-state index in [-0.39, 0.29) is 17.9 Å². The number of fused-ring (bicyclic) bond motifs is 1. The average molecular weight is 496 g/mol. The fourth-order valence-corrected chi connectivity index (χ4v) is 6.04. The van der Waals surface area contributed by atoms with Crippen molar-refractivity contribution in [1.82, 2.24) is 9.80 Å². The number of anilines is 1. The Balaban J connectivity index is 1.26. The third-order valence-corrected chi connectivity index (χ3v) is 7.97. The lowest BCUT2D eigenvalue weighted by Crippen LogP contribution is -2.47. The van der Waals surface area contributed by atoms with E-state index in [1.54, 1.807) is 24.3 Å². The molecular formula is C28H34ClN3O3. The zero-order valence-electron chi connectivity index (χ0n) is 20.1. The average Bonchev–Trinajstić information content (AvgIpc) is 3.28. The summed E-state index contributed by atoms with van der Waals surface area (Å²) in [6.45, 7) is 4.61. The molecule has 0 bridgehead atoms. The molecule has 6 nitrogen and oxygen atoms in total. The lowest BCUT2D eigenvalue weighted by molar-refractivity contribution is -0.120. The molecular weight excluding hydrogens is 462 g/mol. The maximum atomic E-state index is 13.5. The third-order valence-electron chi connectivity index (χ3n) is 7.74. The standard InChI is InChI=1S/C28H34ClN3O3/c29-23-6-3-5-22(18-23)28(34)32-25-7-2-1-4-21(25)19-26(32)27(33)30-24-10-8-20(9-11-24)12-13-31-14-16-35-17-15-31/h3,5-6,8-11,18,21,25-26H,1-2,4,7,12-17,19H2,(H,30,33). The highest BCUT2D eigenvalue weighted by Crippen LogP contribution is 2.41. The lowest BCUT2D eigenvalue weighted by atomic mass is 9.84. The summed E-state index contributed by atoms with van der Waals surface area (Å²) in [5.74, 6) is 0.182. The van der Waals surface area contributed by atoms with Crippen LogP contribution in [-0.2, 0) is 16.0 Å². The second-order valence-corrected chi connectivity index (χ2v) is 10.4. The van der Waals surface area contributed by atoms with Gasteiger partial charge in [-0.1, -0.05) is 42.6 Å². The van der Waals surface area contributed by atoms with Gasteiger partial charge in [0.1, 0.15) is 6.04 Å². The monoisotopic (exact) mass is 495 g/mol. The predicted octanol–water partition coefficient (Wildman–Crippen LogP) is 4.63. The highest BCUT2D eigenvalue weighted by molar-refractivity contribution is 6.31. The molecule has 186 valence electrons. The largest absolute Gasteiger partial charge is 0.379 e. The van der Waals surface area contributed by atoms with Crippen LogP contribution in [0.5, 0.6) is 0 Å². The number of benzene rings is 2. The fourth-order valence-electron chi connectivity index (χ4n) is 5.85. The van der Waals surface area contributed by atoms with Crippen molar-refractivity contribution in [3.63, 3.8) is 0 Å². The van der Waals surface area contributed by atoms with Gasteiger partial charge in [-0.3, -0.25) is 14.5 Å². The van der Waals surface area contributed by atoms with E-state index in [4.69, 9.17) is 16.3 Å². The number of likely N-dealkylation sites (tertiary alicyclic amines) is 1. The molecule has 2 aliphatic heterocycles. The molecule has 0 aromatic heterocycles. The predicted molar refractivity (Wildman–Crippen MR) is 138 cm³/mol. The quantitative estimate of drug-likeness (QED) is 0.635. The van der Waals surface area contributed by atoms with Crippen molar-refractivity contribution in [3.05, 3.63) is 64.7 Å². The normalized spacial score (nSPS) is 24.7. The Hall–Kier alpha value is -2.41. The molecule has 0 spiro atoms. The number of ether oxygens (including phenoxy) is 1. The van der Waals surface area contributed by atoms with Crippen LogP contribution in [0, 0.1) is 5.92 Å². The van der Waals surface area contributed by atoms with Gasteiger partial charge in [0.15, 0.2) is 0 Å². The Morgan fingerprint density at radius 2 is 1.80 bits per heavy atom. The second kappa shape index (κ2) is 11.1. The number of carbonyl (C=O) groups is 2. The Morgan fingerprint density at radius 1 is 1.03 bits per heavy atom. The number of nitrogens with one attached hydrogen (secondary N) is 1. The molecule has 5 rings (SSSR count). The molecule has 2 aromatic carbocycles. The van der Waals surface area contributed by atoms with Crippen molar-refractivity contribution in [2.75, 3.05) is 38.2 Å². The van der Waals surface area contributed by atoms with Gasteiger partial charge in [0.25, 0.3) is 5.91 Å². The first kappa shape index (κ1) is 24.3. The Kier molecular flexibility index (Phi) is 7.71. The van der Waals surface area contributed by atoms with Gasteiger partial charge in [-0.25, -0.2) is 0 Å². The van der Waals surface area contributed by atoms with Gasteiger partial charge in [0.2, 0.25) is 5.91 Å². The van der Waals surface area contributed by atoms with Crippen LogP contribution in [0.4, 0.5) is 5.69 Å². The highest BCUT2D eigenvalue weighted by Gasteiger charge is 2.47. The summed E-state index contributed by atoms with van der Waals surface area (Å²) in [7, 11) is 0. The minimum atomic E-state index is -0.462. The van der Waals surface area contributed by atoms with Crippen molar-refractivity contribution in [2.24, 2.45) is 5.92 Å². The highest BCUT2D eigenvalue weighted by atomic mass is 35.5. The summed E-state index contributed by atoms with van der Waals surface area (Å²) < 4.78 is 5.42. The van der Waals surface area contributed by atoms with Crippen molar-refractivity contribution in [1.29, 1.82) is 0 Å². The van der Waals surface area contributed by atoms with Crippen LogP contribution in [0.3, 0.4) is 0 Å². The first-order valence-corrected chi connectivity index (χ1v) is 13.2. The van der Waals surface area contributed by atoms with Crippen molar-refractivity contribution >= 4 is 29.1 Å². The molecule has 3 aliphatic rings. The molecule has 0 radical (unpaired) electrons. The molecule has 1 saturated carbocycles. The van der Waals surface area contributed by atoms with E-state index in [0.717, 1.165) is 70.6 Å². The number of rotatable bonds is 6. The van der Waals surface area contributed by atoms with Crippen molar-refractivity contribution < 1.29 is 14.3 Å². The van der Waals surface area contributed by atoms with Crippen LogP contribution >= 0.6 is 11.6 Å². The molecule has 2 amide bonds. The van der Waals surface area contributed by atoms with Crippen LogP contribution in [-0.4, -0.2) is 66.5 Å². The van der Waals surface area contributed by atoms with Gasteiger partial charge in [-0.2, -0.15) is 0 Å². The summed E-state index contributed by atoms with van der Waals surface area (Å²) in [5.41, 5.74) is 2.57. The summed E-state index contributed by atoms with van der Waals surface area (Å²) in [4.78, 5) is 31.3. The minimum Gasteiger partial charge on any atom is -0.379 e. The third kappa shape index (κ3) is 5.71. The Labute approximate surface area is 212 Å². The van der Waals surface area contributed by atoms with Crippen LogP contribution in [0.25, 0.3) is 0 Å². The van der Waals surface area contributed by atoms with Gasteiger partial charge >= 0.3 is 0 Å². The van der Waals surface area contributed by atoms with E-state index in [1.807, 2.05) is 17.0 Å². The van der Waals surface area contributed by atoms with E-state index >= 15 is 0 Å². The van der Waals surface area contributed by atoms with Crippen LogP contribution in [0.2, 0.25) is 5.02 Å². The Morgan fingerprint density at radius 3 is 2.57 bits per heavy atom. The first-order chi connectivity index (χ1) is 17.1. The molecule has 3 fully saturated rings. The molecule has 1 N–H and O–H groups in total. The fraction of sp³-hybridized carbons (Fsp3) is 0.500. The lowest BCUT2D eigenvalue weighted by Gasteiger charge is -2.33. The summed E-state index contributed by atoms with van der Waals surface area (Å²) in [5, 5.41) is 3.62. The maximum Gasteiger partial charge on any atom is 0.254 e. The summed E-state index contributed by atoms with van der Waals surface area (Å²) in [6, 6.07) is 14.8. The van der Waals surface area contributed by atoms with Crippen molar-refractivity contribution in [2.45, 2.75) is 50.6 Å². The molecule has 3 atom stereocenters. The number of hydrogen-bond donors (Lipinski definition) is 1. The van der Waals surface area contributed by atoms with E-state index in [2.05, 4.69) is 22.3 Å². The topological polar surface area (TPSA) is 61.9 Å². The SMILES string of the molecule is O=C(Nc1ccc(CCN2CCOCC2)cc1)C1CC2CCCCC2N1C(=O)c1cccc(Cl)c1. The molecule has 2 saturated heterocycles. The number of amides is 2. The van der Waals surface area contributed by atoms with Crippen LogP contribution in [0.1, 0.15) is 48.0 Å². The van der Waals surface area contributed by atoms with E-state index in [0.29, 0.717) is 16.5 Å². The number of carbonyl (C=O) groups excluding carboxylic acids is 2. The zero-order chi connectivity index (χ0) is 24.2. The number of halogens is 1. The molecule has 35 heavy (non-hydrogen) atoms. The van der Waals surface area contributed by atoms with Gasteiger partial charge in [0, 0.05) is 41.9 Å². The van der Waals surface area contributed by atoms with E-state index in [9.17, 15) is 9.59 Å². The first-order valence-electron chi connectivity index (χ1n) is 12.9. The van der Waals surface area contributed by atoms with Gasteiger partial charge in [0.05, 0.1) is 13.2 Å². The zero-order valence-corrected chi connectivity index (χ0v) is 20.9. The van der Waals surface area contributed by atoms with E-state index < -0.39 is 6.04 Å². The second-order valence-electron chi connectivity index (χ2n) is 9.98. The van der Waals surface area contributed by atoms with Gasteiger partial charge < -0.3 is 15.0 Å². The molecule has 7 heteroatoms. The minimum absolute atomic E-state index is 0.0967. The number of hydrogen-bond acceptors (Lipinski definition) is 4. The van der Waals surface area contributed by atoms with Gasteiger partial charge in [-0.15, -0.1) is 0 Å². The number of morpholine rings is 1. The summed E-state index contributed by atoms with van der Waals surface area (Å²) >= 11 is 6.16. The smallest absolute Gasteiger partial charge is 0.254 e. The van der Waals surface area contributed by atoms with Crippen LogP contribution < -0.4 is 5.32 Å². The molecule has 2 aromatic rings. The van der Waals surface area contributed by atoms with Crippen LogP contribution in [0.15, 0.2) is 48.5 Å². The molecule has 3 unspecified atom stereocenters. The maximum absolute atomic E-state index is 13.5. The summed E-state index contributed by atoms with van der Waals surface area (Å²) in [6.07, 6.45) is 5.99. The Bertz CT molecular complexity index is 1040. The molecule has 1 aliphatic carbocycles.